The van der Waals surface area contributed by atoms with Gasteiger partial charge in [0.25, 0.3) is 0 Å². The highest BCUT2D eigenvalue weighted by molar-refractivity contribution is 5.91. The standard InChI is InChI=1S/C24H41N3O4/c1-15(2)19(14-16(3)23(30)31)26(7)22(29)20(24(4,5)6)25-21(28)18-10-8-9-13-27(18)17-11-12-17/h14-15,17-20H,8-13H2,1-7H3,(H,25,28)(H,30,31)/t18-,19-,20-/m1/s1. The first kappa shape index (κ1) is 25.4. The van der Waals surface area contributed by atoms with Gasteiger partial charge in [-0.3, -0.25) is 14.5 Å². The molecule has 0 aromatic rings. The van der Waals surface area contributed by atoms with Crippen molar-refractivity contribution in [3.05, 3.63) is 11.6 Å². The smallest absolute Gasteiger partial charge is 0.331 e. The first-order chi connectivity index (χ1) is 14.3. The fraction of sp³-hybridized carbons (Fsp3) is 0.792. The minimum Gasteiger partial charge on any atom is -0.478 e. The Morgan fingerprint density at radius 3 is 2.23 bits per heavy atom. The predicted octanol–water partition coefficient (Wildman–Crippen LogP) is 3.05. The fourth-order valence-corrected chi connectivity index (χ4v) is 4.40. The topological polar surface area (TPSA) is 90.0 Å². The third kappa shape index (κ3) is 6.55. The lowest BCUT2D eigenvalue weighted by Gasteiger charge is -2.40. The normalized spacial score (nSPS) is 22.7. The molecule has 2 amide bonds. The van der Waals surface area contributed by atoms with Gasteiger partial charge in [0.1, 0.15) is 6.04 Å². The number of likely N-dealkylation sites (tertiary alicyclic amines) is 1. The highest BCUT2D eigenvalue weighted by Gasteiger charge is 2.42. The van der Waals surface area contributed by atoms with Gasteiger partial charge in [-0.05, 0) is 50.5 Å². The van der Waals surface area contributed by atoms with Crippen LogP contribution in [0.1, 0.15) is 73.6 Å². The number of likely N-dealkylation sites (N-methyl/N-ethyl adjacent to an activating group) is 1. The van der Waals surface area contributed by atoms with Crippen molar-refractivity contribution in [3.63, 3.8) is 0 Å². The van der Waals surface area contributed by atoms with Gasteiger partial charge in [0.2, 0.25) is 11.8 Å². The molecule has 1 heterocycles. The molecule has 1 saturated heterocycles. The molecule has 7 heteroatoms. The number of hydrogen-bond donors (Lipinski definition) is 2. The summed E-state index contributed by atoms with van der Waals surface area (Å²) >= 11 is 0. The van der Waals surface area contributed by atoms with E-state index in [9.17, 15) is 19.5 Å². The van der Waals surface area contributed by atoms with Gasteiger partial charge in [0, 0.05) is 18.7 Å². The van der Waals surface area contributed by atoms with Gasteiger partial charge in [0.15, 0.2) is 0 Å². The Balaban J connectivity index is 2.22. The highest BCUT2D eigenvalue weighted by atomic mass is 16.4. The number of carboxylic acid groups (broad SMARTS) is 1. The zero-order valence-electron chi connectivity index (χ0n) is 20.3. The minimum atomic E-state index is -0.996. The quantitative estimate of drug-likeness (QED) is 0.572. The van der Waals surface area contributed by atoms with Crippen molar-refractivity contribution in [2.75, 3.05) is 13.6 Å². The zero-order valence-corrected chi connectivity index (χ0v) is 20.3. The van der Waals surface area contributed by atoms with Crippen LogP contribution in [0, 0.1) is 11.3 Å². The Bertz CT molecular complexity index is 706. The molecule has 0 radical (unpaired) electrons. The Labute approximate surface area is 187 Å². The molecule has 0 unspecified atom stereocenters. The largest absolute Gasteiger partial charge is 0.478 e. The molecule has 1 saturated carbocycles. The third-order valence-corrected chi connectivity index (χ3v) is 6.50. The number of carbonyl (C=O) groups is 3. The molecule has 3 atom stereocenters. The molecule has 0 spiro atoms. The summed E-state index contributed by atoms with van der Waals surface area (Å²) < 4.78 is 0. The lowest BCUT2D eigenvalue weighted by atomic mass is 9.84. The Morgan fingerprint density at radius 2 is 1.74 bits per heavy atom. The maximum atomic E-state index is 13.6. The Morgan fingerprint density at radius 1 is 1.13 bits per heavy atom. The number of nitrogens with one attached hydrogen (secondary N) is 1. The van der Waals surface area contributed by atoms with Gasteiger partial charge in [0.05, 0.1) is 12.1 Å². The average Bonchev–Trinajstić information content (AvgIpc) is 3.52. The van der Waals surface area contributed by atoms with E-state index in [1.54, 1.807) is 18.0 Å². The molecule has 1 aliphatic heterocycles. The number of hydrogen-bond acceptors (Lipinski definition) is 4. The van der Waals surface area contributed by atoms with Crippen LogP contribution in [0.25, 0.3) is 0 Å². The summed E-state index contributed by atoms with van der Waals surface area (Å²) in [7, 11) is 1.70. The van der Waals surface area contributed by atoms with Gasteiger partial charge in [-0.1, -0.05) is 47.1 Å². The van der Waals surface area contributed by atoms with Gasteiger partial charge < -0.3 is 15.3 Å². The highest BCUT2D eigenvalue weighted by Crippen LogP contribution is 2.33. The molecule has 0 aromatic carbocycles. The van der Waals surface area contributed by atoms with Crippen LogP contribution in [0.15, 0.2) is 11.6 Å². The number of rotatable bonds is 8. The number of aliphatic carboxylic acids is 1. The zero-order chi connectivity index (χ0) is 23.5. The van der Waals surface area contributed by atoms with Crippen molar-refractivity contribution in [3.8, 4) is 0 Å². The van der Waals surface area contributed by atoms with Crippen LogP contribution < -0.4 is 5.32 Å². The molecule has 0 aromatic heterocycles. The molecular formula is C24H41N3O4. The van der Waals surface area contributed by atoms with E-state index < -0.39 is 17.4 Å². The number of carbonyl (C=O) groups excluding carboxylic acids is 2. The second-order valence-electron chi connectivity index (χ2n) is 10.6. The summed E-state index contributed by atoms with van der Waals surface area (Å²) in [4.78, 5) is 42.1. The summed E-state index contributed by atoms with van der Waals surface area (Å²) in [6.07, 6.45) is 6.92. The molecular weight excluding hydrogens is 394 g/mol. The van der Waals surface area contributed by atoms with Crippen molar-refractivity contribution in [1.82, 2.24) is 15.1 Å². The Hall–Kier alpha value is -1.89. The SMILES string of the molecule is CC(=C[C@H](C(C)C)N(C)C(=O)[C@@H](NC(=O)[C@H]1CCCCN1C1CC1)C(C)(C)C)C(=O)O. The van der Waals surface area contributed by atoms with Gasteiger partial charge in [-0.2, -0.15) is 0 Å². The number of piperidine rings is 1. The number of carboxylic acids is 1. The molecule has 2 N–H and O–H groups in total. The maximum absolute atomic E-state index is 13.6. The predicted molar refractivity (Wildman–Crippen MR) is 122 cm³/mol. The van der Waals surface area contributed by atoms with E-state index >= 15 is 0 Å². The van der Waals surface area contributed by atoms with E-state index in [-0.39, 0.29) is 35.4 Å². The fourth-order valence-electron chi connectivity index (χ4n) is 4.40. The van der Waals surface area contributed by atoms with Crippen molar-refractivity contribution >= 4 is 17.8 Å². The lowest BCUT2D eigenvalue weighted by Crippen LogP contribution is -2.60. The maximum Gasteiger partial charge on any atom is 0.331 e. The molecule has 31 heavy (non-hydrogen) atoms. The van der Waals surface area contributed by atoms with Gasteiger partial charge >= 0.3 is 5.97 Å². The van der Waals surface area contributed by atoms with Gasteiger partial charge in [-0.15, -0.1) is 0 Å². The lowest BCUT2D eigenvalue weighted by molar-refractivity contribution is -0.142. The van der Waals surface area contributed by atoms with E-state index in [1.165, 1.54) is 6.92 Å². The van der Waals surface area contributed by atoms with Crippen LogP contribution in [0.4, 0.5) is 0 Å². The van der Waals surface area contributed by atoms with E-state index in [0.717, 1.165) is 38.6 Å². The van der Waals surface area contributed by atoms with Crippen LogP contribution in [-0.2, 0) is 14.4 Å². The molecule has 0 bridgehead atoms. The first-order valence-corrected chi connectivity index (χ1v) is 11.6. The van der Waals surface area contributed by atoms with Crippen LogP contribution >= 0.6 is 0 Å². The number of amides is 2. The van der Waals surface area contributed by atoms with E-state index in [0.29, 0.717) is 6.04 Å². The Kier molecular flexibility index (Phi) is 8.31. The summed E-state index contributed by atoms with van der Waals surface area (Å²) in [5, 5.41) is 12.4. The molecule has 2 rings (SSSR count). The third-order valence-electron chi connectivity index (χ3n) is 6.50. The number of nitrogens with zero attached hydrogens (tertiary/aromatic N) is 2. The summed E-state index contributed by atoms with van der Waals surface area (Å²) in [5.74, 6) is -1.22. The van der Waals surface area contributed by atoms with Crippen molar-refractivity contribution in [2.24, 2.45) is 11.3 Å². The van der Waals surface area contributed by atoms with E-state index in [2.05, 4.69) is 10.2 Å². The summed E-state index contributed by atoms with van der Waals surface area (Å²) in [6.45, 7) is 12.3. The first-order valence-electron chi connectivity index (χ1n) is 11.6. The van der Waals surface area contributed by atoms with Crippen molar-refractivity contribution in [1.29, 1.82) is 0 Å². The van der Waals surface area contributed by atoms with E-state index in [4.69, 9.17) is 0 Å². The second-order valence-corrected chi connectivity index (χ2v) is 10.6. The molecule has 2 fully saturated rings. The van der Waals surface area contributed by atoms with Crippen molar-refractivity contribution < 1.29 is 19.5 Å². The molecule has 176 valence electrons. The van der Waals surface area contributed by atoms with E-state index in [1.807, 2.05) is 34.6 Å². The molecule has 7 nitrogen and oxygen atoms in total. The molecule has 1 aliphatic carbocycles. The van der Waals surface area contributed by atoms with Crippen molar-refractivity contribution in [2.45, 2.75) is 97.8 Å². The summed E-state index contributed by atoms with van der Waals surface area (Å²) in [5.41, 5.74) is -0.273. The average molecular weight is 436 g/mol. The summed E-state index contributed by atoms with van der Waals surface area (Å²) in [6, 6.07) is -0.716. The second kappa shape index (κ2) is 10.2. The van der Waals surface area contributed by atoms with Crippen LogP contribution in [0.3, 0.4) is 0 Å². The van der Waals surface area contributed by atoms with Crippen LogP contribution in [-0.4, -0.2) is 70.4 Å². The monoisotopic (exact) mass is 435 g/mol. The van der Waals surface area contributed by atoms with Crippen LogP contribution in [0.2, 0.25) is 0 Å². The minimum absolute atomic E-state index is 0.0308. The van der Waals surface area contributed by atoms with Crippen LogP contribution in [0.5, 0.6) is 0 Å². The van der Waals surface area contributed by atoms with Gasteiger partial charge in [-0.25, -0.2) is 4.79 Å². The molecule has 2 aliphatic rings.